The maximum Gasteiger partial charge on any atom is 0.170 e. The number of para-hydroxylation sites is 1. The normalized spacial score (nSPS) is 10.2. The third kappa shape index (κ3) is 5.76. The van der Waals surface area contributed by atoms with E-state index < -0.39 is 0 Å². The summed E-state index contributed by atoms with van der Waals surface area (Å²) in [5, 5.41) is 7.07. The monoisotopic (exact) mass is 387 g/mol. The number of ether oxygens (including phenoxy) is 2. The van der Waals surface area contributed by atoms with Gasteiger partial charge in [-0.15, -0.1) is 0 Å². The zero-order valence-electron chi connectivity index (χ0n) is 16.5. The van der Waals surface area contributed by atoms with Crippen LogP contribution < -0.4 is 25.0 Å². The SMILES string of the molecule is CCN(CC)c1ccc(NC(=S)NCCc2cccc(OC)c2OC)cc1. The maximum atomic E-state index is 5.46. The van der Waals surface area contributed by atoms with Crippen molar-refractivity contribution in [1.82, 2.24) is 5.32 Å². The molecule has 0 bridgehead atoms. The second kappa shape index (κ2) is 10.6. The van der Waals surface area contributed by atoms with Crippen LogP contribution in [0, 0.1) is 0 Å². The number of thiocarbonyl (C=S) groups is 1. The van der Waals surface area contributed by atoms with Crippen LogP contribution in [-0.2, 0) is 6.42 Å². The summed E-state index contributed by atoms with van der Waals surface area (Å²) in [4.78, 5) is 2.31. The quantitative estimate of drug-likeness (QED) is 0.632. The summed E-state index contributed by atoms with van der Waals surface area (Å²) in [5.74, 6) is 1.51. The molecule has 0 heterocycles. The molecule has 146 valence electrons. The van der Waals surface area contributed by atoms with Gasteiger partial charge in [-0.25, -0.2) is 0 Å². The fraction of sp³-hybridized carbons (Fsp3) is 0.381. The van der Waals surface area contributed by atoms with Crippen LogP contribution in [0.5, 0.6) is 11.5 Å². The van der Waals surface area contributed by atoms with E-state index in [0.717, 1.165) is 42.3 Å². The van der Waals surface area contributed by atoms with Gasteiger partial charge in [-0.1, -0.05) is 12.1 Å². The zero-order chi connectivity index (χ0) is 19.6. The number of methoxy groups -OCH3 is 2. The van der Waals surface area contributed by atoms with Crippen LogP contribution in [0.15, 0.2) is 42.5 Å². The molecule has 2 N–H and O–H groups in total. The van der Waals surface area contributed by atoms with Gasteiger partial charge in [-0.2, -0.15) is 0 Å². The van der Waals surface area contributed by atoms with E-state index in [-0.39, 0.29) is 0 Å². The Kier molecular flexibility index (Phi) is 8.20. The molecule has 0 atom stereocenters. The van der Waals surface area contributed by atoms with E-state index in [1.807, 2.05) is 30.3 Å². The van der Waals surface area contributed by atoms with Gasteiger partial charge in [-0.3, -0.25) is 0 Å². The van der Waals surface area contributed by atoms with Gasteiger partial charge >= 0.3 is 0 Å². The fourth-order valence-corrected chi connectivity index (χ4v) is 3.20. The highest BCUT2D eigenvalue weighted by Crippen LogP contribution is 2.30. The van der Waals surface area contributed by atoms with Gasteiger partial charge < -0.3 is 25.0 Å². The summed E-state index contributed by atoms with van der Waals surface area (Å²) in [6.07, 6.45) is 0.781. The van der Waals surface area contributed by atoms with E-state index in [9.17, 15) is 0 Å². The van der Waals surface area contributed by atoms with Gasteiger partial charge in [0.2, 0.25) is 0 Å². The number of hydrogen-bond acceptors (Lipinski definition) is 4. The molecule has 5 nitrogen and oxygen atoms in total. The molecule has 27 heavy (non-hydrogen) atoms. The fourth-order valence-electron chi connectivity index (χ4n) is 2.98. The molecule has 6 heteroatoms. The van der Waals surface area contributed by atoms with Crippen molar-refractivity contribution in [3.05, 3.63) is 48.0 Å². The summed E-state index contributed by atoms with van der Waals surface area (Å²) in [5.41, 5.74) is 3.27. The second-order valence-electron chi connectivity index (χ2n) is 6.00. The number of rotatable bonds is 9. The summed E-state index contributed by atoms with van der Waals surface area (Å²) >= 11 is 5.40. The standard InChI is InChI=1S/C21H29N3O2S/c1-5-24(6-2)18-12-10-17(11-13-18)23-21(27)22-15-14-16-8-7-9-19(25-3)20(16)26-4/h7-13H,5-6,14-15H2,1-4H3,(H2,22,23,27). The minimum Gasteiger partial charge on any atom is -0.493 e. The molecule has 2 aromatic carbocycles. The average molecular weight is 388 g/mol. The molecule has 0 aliphatic carbocycles. The Bertz CT molecular complexity index is 731. The molecular formula is C21H29N3O2S. The van der Waals surface area contributed by atoms with Gasteiger partial charge in [0, 0.05) is 31.0 Å². The Labute approximate surface area is 167 Å². The van der Waals surface area contributed by atoms with Gasteiger partial charge in [0.25, 0.3) is 0 Å². The average Bonchev–Trinajstić information content (AvgIpc) is 2.69. The minimum atomic E-state index is 0.604. The van der Waals surface area contributed by atoms with Gasteiger partial charge in [-0.05, 0) is 68.4 Å². The third-order valence-electron chi connectivity index (χ3n) is 4.42. The van der Waals surface area contributed by atoms with E-state index in [4.69, 9.17) is 21.7 Å². The minimum absolute atomic E-state index is 0.604. The topological polar surface area (TPSA) is 45.8 Å². The van der Waals surface area contributed by atoms with Crippen molar-refractivity contribution >= 4 is 28.7 Å². The van der Waals surface area contributed by atoms with Crippen LogP contribution in [0.4, 0.5) is 11.4 Å². The molecule has 2 rings (SSSR count). The molecule has 0 saturated carbocycles. The van der Waals surface area contributed by atoms with Crippen LogP contribution in [-0.4, -0.2) is 39.0 Å². The van der Waals surface area contributed by atoms with Crippen molar-refractivity contribution in [3.63, 3.8) is 0 Å². The Balaban J connectivity index is 1.86. The van der Waals surface area contributed by atoms with Crippen LogP contribution in [0.25, 0.3) is 0 Å². The lowest BCUT2D eigenvalue weighted by atomic mass is 10.1. The van der Waals surface area contributed by atoms with E-state index in [2.05, 4.69) is 41.5 Å². The number of anilines is 2. The summed E-state index contributed by atoms with van der Waals surface area (Å²) in [6.45, 7) is 7.01. The highest BCUT2D eigenvalue weighted by atomic mass is 32.1. The lowest BCUT2D eigenvalue weighted by Gasteiger charge is -2.21. The first-order valence-electron chi connectivity index (χ1n) is 9.22. The first kappa shape index (κ1) is 20.8. The number of hydrogen-bond donors (Lipinski definition) is 2. The van der Waals surface area contributed by atoms with Crippen molar-refractivity contribution in [2.45, 2.75) is 20.3 Å². The predicted octanol–water partition coefficient (Wildman–Crippen LogP) is 4.08. The van der Waals surface area contributed by atoms with Crippen molar-refractivity contribution in [2.24, 2.45) is 0 Å². The van der Waals surface area contributed by atoms with Crippen LogP contribution in [0.3, 0.4) is 0 Å². The van der Waals surface area contributed by atoms with Crippen molar-refractivity contribution in [2.75, 3.05) is 44.1 Å². The van der Waals surface area contributed by atoms with E-state index in [1.54, 1.807) is 14.2 Å². The van der Waals surface area contributed by atoms with E-state index >= 15 is 0 Å². The largest absolute Gasteiger partial charge is 0.493 e. The number of benzene rings is 2. The highest BCUT2D eigenvalue weighted by Gasteiger charge is 2.09. The molecule has 0 spiro atoms. The Morgan fingerprint density at radius 3 is 2.30 bits per heavy atom. The number of nitrogens with one attached hydrogen (secondary N) is 2. The first-order chi connectivity index (χ1) is 13.1. The van der Waals surface area contributed by atoms with E-state index in [0.29, 0.717) is 11.7 Å². The summed E-state index contributed by atoms with van der Waals surface area (Å²) < 4.78 is 10.8. The Hall–Kier alpha value is -2.47. The molecular weight excluding hydrogens is 358 g/mol. The smallest absolute Gasteiger partial charge is 0.170 e. The molecule has 0 amide bonds. The highest BCUT2D eigenvalue weighted by molar-refractivity contribution is 7.80. The van der Waals surface area contributed by atoms with Gasteiger partial charge in [0.05, 0.1) is 14.2 Å². The molecule has 0 aliphatic heterocycles. The van der Waals surface area contributed by atoms with Crippen molar-refractivity contribution in [1.29, 1.82) is 0 Å². The maximum absolute atomic E-state index is 5.46. The summed E-state index contributed by atoms with van der Waals surface area (Å²) in [7, 11) is 3.30. The van der Waals surface area contributed by atoms with Gasteiger partial charge in [0.1, 0.15) is 0 Å². The number of nitrogens with zero attached hydrogens (tertiary/aromatic N) is 1. The lowest BCUT2D eigenvalue weighted by molar-refractivity contribution is 0.351. The molecule has 0 fully saturated rings. The predicted molar refractivity (Wildman–Crippen MR) is 117 cm³/mol. The van der Waals surface area contributed by atoms with Crippen LogP contribution in [0.2, 0.25) is 0 Å². The van der Waals surface area contributed by atoms with E-state index in [1.165, 1.54) is 5.69 Å². The molecule has 0 radical (unpaired) electrons. The van der Waals surface area contributed by atoms with Gasteiger partial charge in [0.15, 0.2) is 16.6 Å². The first-order valence-corrected chi connectivity index (χ1v) is 9.63. The summed E-state index contributed by atoms with van der Waals surface area (Å²) in [6, 6.07) is 14.2. The van der Waals surface area contributed by atoms with Crippen LogP contribution >= 0.6 is 12.2 Å². The molecule has 0 aromatic heterocycles. The lowest BCUT2D eigenvalue weighted by Crippen LogP contribution is -2.30. The second-order valence-corrected chi connectivity index (χ2v) is 6.41. The van der Waals surface area contributed by atoms with Crippen molar-refractivity contribution < 1.29 is 9.47 Å². The molecule has 0 unspecified atom stereocenters. The Morgan fingerprint density at radius 1 is 1.00 bits per heavy atom. The van der Waals surface area contributed by atoms with Crippen molar-refractivity contribution in [3.8, 4) is 11.5 Å². The zero-order valence-corrected chi connectivity index (χ0v) is 17.4. The molecule has 2 aromatic rings. The molecule has 0 aliphatic rings. The van der Waals surface area contributed by atoms with Crippen LogP contribution in [0.1, 0.15) is 19.4 Å². The third-order valence-corrected chi connectivity index (χ3v) is 4.66. The Morgan fingerprint density at radius 2 is 1.70 bits per heavy atom. The molecule has 0 saturated heterocycles.